The summed E-state index contributed by atoms with van der Waals surface area (Å²) < 4.78 is 27.7. The summed E-state index contributed by atoms with van der Waals surface area (Å²) in [5.74, 6) is -1.72. The predicted octanol–water partition coefficient (Wildman–Crippen LogP) is -0.924. The third-order valence-corrected chi connectivity index (χ3v) is 2.11. The molecule has 0 aromatic carbocycles. The lowest BCUT2D eigenvalue weighted by molar-refractivity contribution is -0.117. The maximum Gasteiger partial charge on any atom is 0.243 e. The van der Waals surface area contributed by atoms with Gasteiger partial charge < -0.3 is 4.74 Å². The van der Waals surface area contributed by atoms with Crippen LogP contribution in [-0.4, -0.2) is 33.1 Å². The summed E-state index contributed by atoms with van der Waals surface area (Å²) >= 11 is 0. The summed E-state index contributed by atoms with van der Waals surface area (Å²) in [5.41, 5.74) is 0. The molecule has 0 unspecified atom stereocenters. The molecule has 2 N–H and O–H groups in total. The SMILES string of the molecule is COC(=N)CS(=O)(=O)NC(C)=O. The number of ether oxygens (including phenoxy) is 1. The van der Waals surface area contributed by atoms with Crippen molar-refractivity contribution in [2.75, 3.05) is 12.9 Å². The average molecular weight is 194 g/mol. The highest BCUT2D eigenvalue weighted by Crippen LogP contribution is 1.86. The number of sulfonamides is 1. The average Bonchev–Trinajstić information content (AvgIpc) is 1.83. The fraction of sp³-hybridized carbons (Fsp3) is 0.600. The van der Waals surface area contributed by atoms with E-state index in [9.17, 15) is 13.2 Å². The van der Waals surface area contributed by atoms with Gasteiger partial charge in [-0.1, -0.05) is 0 Å². The molecule has 0 saturated carbocycles. The molecule has 0 radical (unpaired) electrons. The Labute approximate surface area is 70.5 Å². The van der Waals surface area contributed by atoms with E-state index in [1.807, 2.05) is 0 Å². The predicted molar refractivity (Wildman–Crippen MR) is 42.3 cm³/mol. The van der Waals surface area contributed by atoms with E-state index in [1.54, 1.807) is 4.72 Å². The van der Waals surface area contributed by atoms with Gasteiger partial charge in [-0.25, -0.2) is 8.42 Å². The molecule has 0 saturated heterocycles. The summed E-state index contributed by atoms with van der Waals surface area (Å²) in [6, 6.07) is 0. The first-order chi connectivity index (χ1) is 5.37. The van der Waals surface area contributed by atoms with E-state index in [4.69, 9.17) is 5.41 Å². The van der Waals surface area contributed by atoms with Crippen molar-refractivity contribution < 1.29 is 17.9 Å². The van der Waals surface area contributed by atoms with Gasteiger partial charge in [0.1, 0.15) is 5.75 Å². The molecule has 0 aromatic heterocycles. The minimum Gasteiger partial charge on any atom is -0.484 e. The molecule has 1 amide bonds. The third-order valence-electron chi connectivity index (χ3n) is 0.867. The van der Waals surface area contributed by atoms with Gasteiger partial charge in [-0.05, 0) is 0 Å². The van der Waals surface area contributed by atoms with Gasteiger partial charge in [0.15, 0.2) is 5.90 Å². The second kappa shape index (κ2) is 4.05. The molecule has 0 aliphatic heterocycles. The number of nitrogens with one attached hydrogen (secondary N) is 2. The number of hydrogen-bond acceptors (Lipinski definition) is 5. The molecule has 12 heavy (non-hydrogen) atoms. The molecule has 0 aliphatic rings. The van der Waals surface area contributed by atoms with Crippen molar-refractivity contribution in [2.24, 2.45) is 0 Å². The fourth-order valence-electron chi connectivity index (χ4n) is 0.487. The number of methoxy groups -OCH3 is 1. The van der Waals surface area contributed by atoms with E-state index in [2.05, 4.69) is 4.74 Å². The maximum absolute atomic E-state index is 10.9. The van der Waals surface area contributed by atoms with Crippen LogP contribution in [0.5, 0.6) is 0 Å². The lowest BCUT2D eigenvalue weighted by Gasteiger charge is -2.03. The maximum atomic E-state index is 10.9. The first-order valence-corrected chi connectivity index (χ1v) is 4.65. The number of amides is 1. The minimum absolute atomic E-state index is 0.413. The van der Waals surface area contributed by atoms with Crippen LogP contribution in [0.25, 0.3) is 0 Å². The number of hydrogen-bond donors (Lipinski definition) is 2. The Kier molecular flexibility index (Phi) is 3.68. The molecule has 0 heterocycles. The van der Waals surface area contributed by atoms with E-state index in [-0.39, 0.29) is 0 Å². The van der Waals surface area contributed by atoms with Gasteiger partial charge in [-0.3, -0.25) is 14.9 Å². The van der Waals surface area contributed by atoms with Crippen molar-refractivity contribution in [1.82, 2.24) is 4.72 Å². The lowest BCUT2D eigenvalue weighted by atomic mass is 10.8. The zero-order valence-corrected chi connectivity index (χ0v) is 7.56. The molecule has 70 valence electrons. The van der Waals surface area contributed by atoms with Crippen molar-refractivity contribution in [2.45, 2.75) is 6.92 Å². The van der Waals surface area contributed by atoms with Gasteiger partial charge in [-0.2, -0.15) is 0 Å². The molecule has 7 heteroatoms. The quantitative estimate of drug-likeness (QED) is 0.448. The Bertz CT molecular complexity index is 282. The number of carbonyl (C=O) groups excluding carboxylic acids is 1. The van der Waals surface area contributed by atoms with Crippen molar-refractivity contribution in [3.8, 4) is 0 Å². The van der Waals surface area contributed by atoms with Crippen LogP contribution in [0.1, 0.15) is 6.92 Å². The summed E-state index contributed by atoms with van der Waals surface area (Å²) in [6.07, 6.45) is 0. The standard InChI is InChI=1S/C5H10N2O4S/c1-4(8)7-12(9,10)3-5(6)11-2/h6H,3H2,1-2H3,(H,7,8). The van der Waals surface area contributed by atoms with Crippen LogP contribution in [-0.2, 0) is 19.6 Å². The van der Waals surface area contributed by atoms with E-state index in [0.717, 1.165) is 6.92 Å². The van der Waals surface area contributed by atoms with Gasteiger partial charge in [-0.15, -0.1) is 0 Å². The summed E-state index contributed by atoms with van der Waals surface area (Å²) in [7, 11) is -2.56. The fourth-order valence-corrected chi connectivity index (χ4v) is 1.46. The molecule has 0 bridgehead atoms. The van der Waals surface area contributed by atoms with E-state index < -0.39 is 27.6 Å². The van der Waals surface area contributed by atoms with Gasteiger partial charge in [0.2, 0.25) is 15.9 Å². The third kappa shape index (κ3) is 4.67. The molecule has 0 atom stereocenters. The normalized spacial score (nSPS) is 10.5. The molecule has 0 spiro atoms. The highest BCUT2D eigenvalue weighted by molar-refractivity contribution is 7.90. The molecule has 6 nitrogen and oxygen atoms in total. The Hall–Kier alpha value is -1.11. The first kappa shape index (κ1) is 10.9. The second-order valence-electron chi connectivity index (χ2n) is 2.04. The summed E-state index contributed by atoms with van der Waals surface area (Å²) in [6.45, 7) is 1.08. The van der Waals surface area contributed by atoms with Gasteiger partial charge in [0.25, 0.3) is 0 Å². The van der Waals surface area contributed by atoms with E-state index in [1.165, 1.54) is 7.11 Å². The van der Waals surface area contributed by atoms with Crippen LogP contribution >= 0.6 is 0 Å². The monoisotopic (exact) mass is 194 g/mol. The summed E-state index contributed by atoms with van der Waals surface area (Å²) in [4.78, 5) is 10.3. The zero-order valence-electron chi connectivity index (χ0n) is 6.75. The van der Waals surface area contributed by atoms with Crippen LogP contribution in [0.15, 0.2) is 0 Å². The molecule has 0 aromatic rings. The molecular formula is C5H10N2O4S. The minimum atomic E-state index is -3.74. The summed E-state index contributed by atoms with van der Waals surface area (Å²) in [5, 5.41) is 6.88. The largest absolute Gasteiger partial charge is 0.484 e. The van der Waals surface area contributed by atoms with Gasteiger partial charge in [0, 0.05) is 6.92 Å². The van der Waals surface area contributed by atoms with E-state index >= 15 is 0 Å². The highest BCUT2D eigenvalue weighted by atomic mass is 32.2. The lowest BCUT2D eigenvalue weighted by Crippen LogP contribution is -2.33. The number of rotatable bonds is 3. The van der Waals surface area contributed by atoms with Crippen LogP contribution in [0, 0.1) is 5.41 Å². The molecule has 0 fully saturated rings. The molecular weight excluding hydrogens is 184 g/mol. The van der Waals surface area contributed by atoms with Crippen LogP contribution in [0.2, 0.25) is 0 Å². The zero-order chi connectivity index (χ0) is 9.78. The highest BCUT2D eigenvalue weighted by Gasteiger charge is 2.14. The van der Waals surface area contributed by atoms with Gasteiger partial charge >= 0.3 is 0 Å². The van der Waals surface area contributed by atoms with Crippen LogP contribution in [0.3, 0.4) is 0 Å². The van der Waals surface area contributed by atoms with Crippen molar-refractivity contribution in [3.05, 3.63) is 0 Å². The van der Waals surface area contributed by atoms with Crippen molar-refractivity contribution in [3.63, 3.8) is 0 Å². The topological polar surface area (TPSA) is 96.3 Å². The second-order valence-corrected chi connectivity index (χ2v) is 3.77. The smallest absolute Gasteiger partial charge is 0.243 e. The number of carbonyl (C=O) groups is 1. The van der Waals surface area contributed by atoms with Crippen LogP contribution in [0.4, 0.5) is 0 Å². The Morgan fingerprint density at radius 2 is 2.08 bits per heavy atom. The van der Waals surface area contributed by atoms with E-state index in [0.29, 0.717) is 0 Å². The van der Waals surface area contributed by atoms with Crippen molar-refractivity contribution >= 4 is 21.8 Å². The Morgan fingerprint density at radius 3 is 2.42 bits per heavy atom. The van der Waals surface area contributed by atoms with Gasteiger partial charge in [0.05, 0.1) is 7.11 Å². The first-order valence-electron chi connectivity index (χ1n) is 3.00. The molecule has 0 rings (SSSR count). The van der Waals surface area contributed by atoms with Crippen molar-refractivity contribution in [1.29, 1.82) is 5.41 Å². The Morgan fingerprint density at radius 1 is 1.58 bits per heavy atom. The molecule has 0 aliphatic carbocycles. The Balaban J connectivity index is 4.25. The van der Waals surface area contributed by atoms with Crippen LogP contribution < -0.4 is 4.72 Å².